The van der Waals surface area contributed by atoms with Gasteiger partial charge in [-0.05, 0) is 24.6 Å². The molecule has 2 N–H and O–H groups in total. The van der Waals surface area contributed by atoms with Crippen molar-refractivity contribution >= 4 is 15.7 Å². The minimum absolute atomic E-state index is 0.0810. The molecule has 0 amide bonds. The van der Waals surface area contributed by atoms with E-state index in [2.05, 4.69) is 9.71 Å². The van der Waals surface area contributed by atoms with Gasteiger partial charge in [-0.15, -0.1) is 0 Å². The summed E-state index contributed by atoms with van der Waals surface area (Å²) >= 11 is 0. The summed E-state index contributed by atoms with van der Waals surface area (Å²) in [7, 11) is -3.85. The van der Waals surface area contributed by atoms with Crippen molar-refractivity contribution in [3.8, 4) is 6.07 Å². The lowest BCUT2D eigenvalue weighted by Crippen LogP contribution is -2.16. The van der Waals surface area contributed by atoms with Gasteiger partial charge in [0.2, 0.25) is 5.56 Å². The normalized spacial score (nSPS) is 10.8. The van der Waals surface area contributed by atoms with Crippen LogP contribution in [0.3, 0.4) is 0 Å². The molecule has 1 aromatic heterocycles. The van der Waals surface area contributed by atoms with Gasteiger partial charge in [0.05, 0.1) is 11.3 Å². The van der Waals surface area contributed by atoms with Crippen molar-refractivity contribution in [1.29, 1.82) is 5.26 Å². The number of aryl methyl sites for hydroxylation is 1. The van der Waals surface area contributed by atoms with Crippen molar-refractivity contribution in [2.45, 2.75) is 11.8 Å². The molecule has 7 heteroatoms. The molecule has 0 saturated heterocycles. The van der Waals surface area contributed by atoms with Crippen LogP contribution < -0.4 is 10.3 Å². The molecule has 6 nitrogen and oxygen atoms in total. The highest BCUT2D eigenvalue weighted by Gasteiger charge is 2.16. The first kappa shape index (κ1) is 13.8. The molecule has 0 unspecified atom stereocenters. The maximum absolute atomic E-state index is 12.1. The molecule has 0 saturated carbocycles. The van der Waals surface area contributed by atoms with Gasteiger partial charge in [0.25, 0.3) is 10.0 Å². The number of hydrogen-bond donors (Lipinski definition) is 2. The molecular weight excluding hydrogens is 278 g/mol. The summed E-state index contributed by atoms with van der Waals surface area (Å²) in [6.07, 6.45) is 1.10. The highest BCUT2D eigenvalue weighted by Crippen LogP contribution is 2.21. The quantitative estimate of drug-likeness (QED) is 0.890. The number of nitrogens with one attached hydrogen (secondary N) is 2. The van der Waals surface area contributed by atoms with E-state index in [-0.39, 0.29) is 16.1 Å². The van der Waals surface area contributed by atoms with Gasteiger partial charge in [0, 0.05) is 12.3 Å². The molecule has 0 radical (unpaired) electrons. The Morgan fingerprint density at radius 1 is 1.25 bits per heavy atom. The number of rotatable bonds is 3. The summed E-state index contributed by atoms with van der Waals surface area (Å²) in [4.78, 5) is 13.1. The number of aromatic amines is 1. The van der Waals surface area contributed by atoms with Crippen molar-refractivity contribution in [2.24, 2.45) is 0 Å². The third-order valence-electron chi connectivity index (χ3n) is 2.69. The highest BCUT2D eigenvalue weighted by molar-refractivity contribution is 7.92. The second kappa shape index (κ2) is 5.19. The zero-order chi connectivity index (χ0) is 14.8. The first-order valence-electron chi connectivity index (χ1n) is 5.65. The predicted octanol–water partition coefficient (Wildman–Crippen LogP) is 1.36. The van der Waals surface area contributed by atoms with E-state index >= 15 is 0 Å². The largest absolute Gasteiger partial charge is 0.328 e. The smallest absolute Gasteiger partial charge is 0.263 e. The average Bonchev–Trinajstić information content (AvgIpc) is 2.39. The van der Waals surface area contributed by atoms with E-state index in [4.69, 9.17) is 5.26 Å². The highest BCUT2D eigenvalue weighted by atomic mass is 32.2. The second-order valence-electron chi connectivity index (χ2n) is 4.10. The van der Waals surface area contributed by atoms with Crippen LogP contribution in [0.2, 0.25) is 0 Å². The number of pyridine rings is 1. The van der Waals surface area contributed by atoms with Gasteiger partial charge in [-0.2, -0.15) is 5.26 Å². The van der Waals surface area contributed by atoms with Crippen molar-refractivity contribution in [3.05, 3.63) is 58.0 Å². The van der Waals surface area contributed by atoms with E-state index in [1.165, 1.54) is 12.1 Å². The van der Waals surface area contributed by atoms with Crippen molar-refractivity contribution in [2.75, 3.05) is 4.72 Å². The molecule has 0 atom stereocenters. The predicted molar refractivity (Wildman–Crippen MR) is 73.8 cm³/mol. The SMILES string of the molecule is Cc1cccc(NS(=O)(=O)c2ccc(=O)[nH]c2)c1C#N. The van der Waals surface area contributed by atoms with E-state index < -0.39 is 15.6 Å². The molecule has 0 aliphatic rings. The molecule has 2 aromatic rings. The number of sulfonamides is 1. The van der Waals surface area contributed by atoms with Crippen LogP contribution in [-0.2, 0) is 10.0 Å². The molecule has 0 aliphatic heterocycles. The minimum atomic E-state index is -3.85. The topological polar surface area (TPSA) is 103 Å². The Morgan fingerprint density at radius 2 is 2.00 bits per heavy atom. The fraction of sp³-hybridized carbons (Fsp3) is 0.0769. The summed E-state index contributed by atoms with van der Waals surface area (Å²) in [5.74, 6) is 0. The number of hydrogen-bond acceptors (Lipinski definition) is 4. The monoisotopic (exact) mass is 289 g/mol. The lowest BCUT2D eigenvalue weighted by atomic mass is 10.1. The van der Waals surface area contributed by atoms with Crippen LogP contribution in [0.4, 0.5) is 5.69 Å². The van der Waals surface area contributed by atoms with E-state index in [1.54, 1.807) is 19.1 Å². The zero-order valence-electron chi connectivity index (χ0n) is 10.5. The van der Waals surface area contributed by atoms with Crippen LogP contribution in [0.5, 0.6) is 0 Å². The maximum atomic E-state index is 12.1. The van der Waals surface area contributed by atoms with Crippen LogP contribution in [-0.4, -0.2) is 13.4 Å². The Kier molecular flexibility index (Phi) is 3.59. The Bertz CT molecular complexity index is 827. The van der Waals surface area contributed by atoms with Gasteiger partial charge in [0.1, 0.15) is 11.0 Å². The van der Waals surface area contributed by atoms with Gasteiger partial charge < -0.3 is 4.98 Å². The van der Waals surface area contributed by atoms with Crippen LogP contribution in [0.15, 0.2) is 46.2 Å². The molecule has 0 bridgehead atoms. The summed E-state index contributed by atoms with van der Waals surface area (Å²) in [5.41, 5.74) is 0.755. The lowest BCUT2D eigenvalue weighted by molar-refractivity contribution is 0.600. The lowest BCUT2D eigenvalue weighted by Gasteiger charge is -2.10. The molecule has 1 heterocycles. The number of anilines is 1. The number of benzene rings is 1. The Balaban J connectivity index is 2.44. The molecule has 1 aromatic carbocycles. The van der Waals surface area contributed by atoms with Crippen LogP contribution in [0.25, 0.3) is 0 Å². The summed E-state index contributed by atoms with van der Waals surface area (Å²) in [6, 6.07) is 9.16. The van der Waals surface area contributed by atoms with Crippen LogP contribution >= 0.6 is 0 Å². The molecule has 0 fully saturated rings. The van der Waals surface area contributed by atoms with Crippen LogP contribution in [0, 0.1) is 18.3 Å². The van der Waals surface area contributed by atoms with Gasteiger partial charge in [-0.25, -0.2) is 8.42 Å². The Labute approximate surface area is 115 Å². The fourth-order valence-corrected chi connectivity index (χ4v) is 2.71. The molecule has 0 spiro atoms. The van der Waals surface area contributed by atoms with Gasteiger partial charge >= 0.3 is 0 Å². The number of H-pyrrole nitrogens is 1. The number of nitriles is 1. The Morgan fingerprint density at radius 3 is 2.60 bits per heavy atom. The first-order valence-corrected chi connectivity index (χ1v) is 7.13. The maximum Gasteiger partial charge on any atom is 0.263 e. The van der Waals surface area contributed by atoms with Gasteiger partial charge in [-0.1, -0.05) is 12.1 Å². The second-order valence-corrected chi connectivity index (χ2v) is 5.79. The fourth-order valence-electron chi connectivity index (χ4n) is 1.67. The van der Waals surface area contributed by atoms with Crippen molar-refractivity contribution < 1.29 is 8.42 Å². The third-order valence-corrected chi connectivity index (χ3v) is 4.06. The molecule has 0 aliphatic carbocycles. The Hall–Kier alpha value is -2.59. The zero-order valence-corrected chi connectivity index (χ0v) is 11.4. The van der Waals surface area contributed by atoms with E-state index in [9.17, 15) is 13.2 Å². The standard InChI is InChI=1S/C13H11N3O3S/c1-9-3-2-4-12(11(9)7-14)16-20(18,19)10-5-6-13(17)15-8-10/h2-6,8,16H,1H3,(H,15,17). The summed E-state index contributed by atoms with van der Waals surface area (Å²) in [6.45, 7) is 1.72. The van der Waals surface area contributed by atoms with Gasteiger partial charge in [-0.3, -0.25) is 9.52 Å². The van der Waals surface area contributed by atoms with Crippen molar-refractivity contribution in [3.63, 3.8) is 0 Å². The molecule has 2 rings (SSSR count). The van der Waals surface area contributed by atoms with E-state index in [0.717, 1.165) is 12.3 Å². The van der Waals surface area contributed by atoms with Crippen molar-refractivity contribution in [1.82, 2.24) is 4.98 Å². The molecule has 102 valence electrons. The minimum Gasteiger partial charge on any atom is -0.328 e. The number of aromatic nitrogens is 1. The molecule has 20 heavy (non-hydrogen) atoms. The van der Waals surface area contributed by atoms with E-state index in [0.29, 0.717) is 5.56 Å². The van der Waals surface area contributed by atoms with Gasteiger partial charge in [0.15, 0.2) is 0 Å². The first-order chi connectivity index (χ1) is 9.44. The summed E-state index contributed by atoms with van der Waals surface area (Å²) < 4.78 is 26.6. The number of nitrogens with zero attached hydrogens (tertiary/aromatic N) is 1. The molecular formula is C13H11N3O3S. The summed E-state index contributed by atoms with van der Waals surface area (Å²) in [5, 5.41) is 9.07. The third kappa shape index (κ3) is 2.70. The van der Waals surface area contributed by atoms with E-state index in [1.807, 2.05) is 6.07 Å². The average molecular weight is 289 g/mol. The van der Waals surface area contributed by atoms with Crippen LogP contribution in [0.1, 0.15) is 11.1 Å².